The van der Waals surface area contributed by atoms with Gasteiger partial charge in [0.15, 0.2) is 0 Å². The third-order valence-corrected chi connectivity index (χ3v) is 5.32. The van der Waals surface area contributed by atoms with Crippen molar-refractivity contribution in [2.45, 2.75) is 37.8 Å². The lowest BCUT2D eigenvalue weighted by molar-refractivity contribution is 0.242. The van der Waals surface area contributed by atoms with E-state index in [1.54, 1.807) is 0 Å². The molecule has 2 aromatic rings. The van der Waals surface area contributed by atoms with E-state index in [4.69, 9.17) is 34.8 Å². The molecular formula is C18H18Cl3FN4O. The molecule has 0 radical (unpaired) electrons. The highest BCUT2D eigenvalue weighted by Gasteiger charge is 2.27. The Morgan fingerprint density at radius 2 is 1.70 bits per heavy atom. The van der Waals surface area contributed by atoms with E-state index in [-0.39, 0.29) is 17.1 Å². The predicted octanol–water partition coefficient (Wildman–Crippen LogP) is 5.73. The van der Waals surface area contributed by atoms with Crippen molar-refractivity contribution in [3.63, 3.8) is 0 Å². The molecule has 9 heteroatoms. The number of carbonyl (C=O) groups excluding carboxylic acids is 1. The first-order valence-corrected chi connectivity index (χ1v) is 9.65. The second-order valence-corrected chi connectivity index (χ2v) is 7.57. The fraction of sp³-hybridized carbons (Fsp3) is 0.333. The zero-order valence-corrected chi connectivity index (χ0v) is 16.5. The van der Waals surface area contributed by atoms with Gasteiger partial charge in [0.25, 0.3) is 0 Å². The van der Waals surface area contributed by atoms with Gasteiger partial charge in [-0.3, -0.25) is 4.98 Å². The van der Waals surface area contributed by atoms with Crippen LogP contribution in [0, 0.1) is 5.82 Å². The standard InChI is InChI=1S/C18H18Cl3FN4O/c19-11-6-5-10(7-14(11)22)24-18(27)26-16-4-2-1-3-15(16)25-17-12(20)8-23-9-13(17)21/h5-9,15-16H,1-4H2,(H,23,25)(H2,24,26,27)/t15-,16-/m0/s1. The average molecular weight is 432 g/mol. The zero-order valence-electron chi connectivity index (χ0n) is 14.2. The maximum absolute atomic E-state index is 13.5. The SMILES string of the molecule is O=C(Nc1ccc(Cl)c(F)c1)N[C@H]1CCCC[C@@H]1Nc1c(Cl)cncc1Cl. The molecule has 0 spiro atoms. The number of urea groups is 1. The van der Waals surface area contributed by atoms with E-state index in [2.05, 4.69) is 20.9 Å². The highest BCUT2D eigenvalue weighted by molar-refractivity contribution is 6.38. The fourth-order valence-electron chi connectivity index (χ4n) is 3.12. The minimum absolute atomic E-state index is 0.00334. The van der Waals surface area contributed by atoms with E-state index in [0.29, 0.717) is 21.4 Å². The van der Waals surface area contributed by atoms with E-state index < -0.39 is 11.8 Å². The van der Waals surface area contributed by atoms with E-state index in [1.807, 2.05) is 0 Å². The topological polar surface area (TPSA) is 66.1 Å². The maximum Gasteiger partial charge on any atom is 0.319 e. The van der Waals surface area contributed by atoms with Gasteiger partial charge in [-0.05, 0) is 31.0 Å². The normalized spacial score (nSPS) is 19.4. The van der Waals surface area contributed by atoms with Crippen molar-refractivity contribution >= 4 is 52.2 Å². The van der Waals surface area contributed by atoms with Crippen molar-refractivity contribution in [3.05, 3.63) is 51.5 Å². The number of halogens is 4. The molecule has 0 bridgehead atoms. The number of aromatic nitrogens is 1. The van der Waals surface area contributed by atoms with Gasteiger partial charge < -0.3 is 16.0 Å². The van der Waals surface area contributed by atoms with Gasteiger partial charge in [0.05, 0.1) is 26.8 Å². The number of rotatable bonds is 4. The molecule has 0 aliphatic heterocycles. The lowest BCUT2D eigenvalue weighted by atomic mass is 9.90. The number of pyridine rings is 1. The van der Waals surface area contributed by atoms with Crippen LogP contribution >= 0.6 is 34.8 Å². The minimum atomic E-state index is -0.589. The smallest absolute Gasteiger partial charge is 0.319 e. The Hall–Kier alpha value is -1.76. The van der Waals surface area contributed by atoms with Crippen LogP contribution in [0.4, 0.5) is 20.6 Å². The van der Waals surface area contributed by atoms with Gasteiger partial charge in [-0.1, -0.05) is 47.6 Å². The Balaban J connectivity index is 1.66. The Morgan fingerprint density at radius 3 is 2.37 bits per heavy atom. The number of amides is 2. The van der Waals surface area contributed by atoms with Crippen LogP contribution in [0.5, 0.6) is 0 Å². The number of nitrogens with zero attached hydrogens (tertiary/aromatic N) is 1. The quantitative estimate of drug-likeness (QED) is 0.579. The molecule has 0 unspecified atom stereocenters. The molecule has 3 N–H and O–H groups in total. The Labute approximate surface area is 171 Å². The zero-order chi connectivity index (χ0) is 19.4. The number of benzene rings is 1. The van der Waals surface area contributed by atoms with Crippen molar-refractivity contribution in [1.29, 1.82) is 0 Å². The van der Waals surface area contributed by atoms with Gasteiger partial charge >= 0.3 is 6.03 Å². The van der Waals surface area contributed by atoms with E-state index >= 15 is 0 Å². The van der Waals surface area contributed by atoms with Crippen LogP contribution < -0.4 is 16.0 Å². The van der Waals surface area contributed by atoms with Gasteiger partial charge in [-0.15, -0.1) is 0 Å². The van der Waals surface area contributed by atoms with Crippen molar-refractivity contribution < 1.29 is 9.18 Å². The van der Waals surface area contributed by atoms with Gasteiger partial charge in [-0.2, -0.15) is 0 Å². The summed E-state index contributed by atoms with van der Waals surface area (Å²) >= 11 is 18.0. The van der Waals surface area contributed by atoms with E-state index in [1.165, 1.54) is 30.6 Å². The third-order valence-electron chi connectivity index (χ3n) is 4.44. The number of hydrogen-bond acceptors (Lipinski definition) is 3. The summed E-state index contributed by atoms with van der Waals surface area (Å²) in [6.45, 7) is 0. The largest absolute Gasteiger partial charge is 0.378 e. The molecule has 3 rings (SSSR count). The monoisotopic (exact) mass is 430 g/mol. The number of nitrogens with one attached hydrogen (secondary N) is 3. The molecule has 2 amide bonds. The van der Waals surface area contributed by atoms with Crippen LogP contribution in [-0.4, -0.2) is 23.1 Å². The summed E-state index contributed by atoms with van der Waals surface area (Å²) < 4.78 is 13.5. The van der Waals surface area contributed by atoms with E-state index in [0.717, 1.165) is 25.7 Å². The summed E-state index contributed by atoms with van der Waals surface area (Å²) in [6.07, 6.45) is 6.72. The molecule has 27 heavy (non-hydrogen) atoms. The second-order valence-electron chi connectivity index (χ2n) is 6.35. The molecule has 1 heterocycles. The molecular weight excluding hydrogens is 414 g/mol. The summed E-state index contributed by atoms with van der Waals surface area (Å²) in [5.74, 6) is -0.589. The van der Waals surface area contributed by atoms with Crippen LogP contribution in [0.3, 0.4) is 0 Å². The third kappa shape index (κ3) is 5.15. The summed E-state index contributed by atoms with van der Waals surface area (Å²) in [5, 5.41) is 9.75. The molecule has 1 aromatic heterocycles. The molecule has 1 fully saturated rings. The van der Waals surface area contributed by atoms with Gasteiger partial charge in [0, 0.05) is 24.1 Å². The number of anilines is 2. The van der Waals surface area contributed by atoms with Crippen molar-refractivity contribution in [1.82, 2.24) is 10.3 Å². The number of hydrogen-bond donors (Lipinski definition) is 3. The second kappa shape index (κ2) is 8.95. The first-order valence-electron chi connectivity index (χ1n) is 8.52. The molecule has 2 atom stereocenters. The Kier molecular flexibility index (Phi) is 6.63. The molecule has 1 saturated carbocycles. The fourth-order valence-corrected chi connectivity index (χ4v) is 3.71. The Morgan fingerprint density at radius 1 is 1.04 bits per heavy atom. The lowest BCUT2D eigenvalue weighted by Crippen LogP contribution is -2.49. The highest BCUT2D eigenvalue weighted by Crippen LogP contribution is 2.32. The van der Waals surface area contributed by atoms with Crippen molar-refractivity contribution in [3.8, 4) is 0 Å². The first kappa shape index (κ1) is 20.0. The van der Waals surface area contributed by atoms with Gasteiger partial charge in [-0.25, -0.2) is 9.18 Å². The van der Waals surface area contributed by atoms with Crippen LogP contribution in [0.1, 0.15) is 25.7 Å². The molecule has 1 aliphatic rings. The van der Waals surface area contributed by atoms with Crippen LogP contribution in [0.25, 0.3) is 0 Å². The summed E-state index contributed by atoms with van der Waals surface area (Å²) in [6, 6.07) is 3.53. The maximum atomic E-state index is 13.5. The first-order chi connectivity index (χ1) is 12.9. The summed E-state index contributed by atoms with van der Waals surface area (Å²) in [7, 11) is 0. The van der Waals surface area contributed by atoms with Gasteiger partial charge in [0.1, 0.15) is 5.82 Å². The Bertz CT molecular complexity index is 816. The van der Waals surface area contributed by atoms with Crippen LogP contribution in [-0.2, 0) is 0 Å². The highest BCUT2D eigenvalue weighted by atomic mass is 35.5. The van der Waals surface area contributed by atoms with Crippen molar-refractivity contribution in [2.75, 3.05) is 10.6 Å². The summed E-state index contributed by atoms with van der Waals surface area (Å²) in [5.41, 5.74) is 0.933. The molecule has 1 aromatic carbocycles. The molecule has 144 valence electrons. The number of carbonyl (C=O) groups is 1. The molecule has 1 aliphatic carbocycles. The van der Waals surface area contributed by atoms with Gasteiger partial charge in [0.2, 0.25) is 0 Å². The minimum Gasteiger partial charge on any atom is -0.378 e. The predicted molar refractivity (Wildman–Crippen MR) is 107 cm³/mol. The van der Waals surface area contributed by atoms with Crippen molar-refractivity contribution in [2.24, 2.45) is 0 Å². The average Bonchev–Trinajstić information content (AvgIpc) is 2.63. The lowest BCUT2D eigenvalue weighted by Gasteiger charge is -2.33. The summed E-state index contributed by atoms with van der Waals surface area (Å²) in [4.78, 5) is 16.3. The van der Waals surface area contributed by atoms with Crippen LogP contribution in [0.2, 0.25) is 15.1 Å². The van der Waals surface area contributed by atoms with Crippen LogP contribution in [0.15, 0.2) is 30.6 Å². The molecule has 0 saturated heterocycles. The van der Waals surface area contributed by atoms with E-state index in [9.17, 15) is 9.18 Å². The molecule has 5 nitrogen and oxygen atoms in total.